The van der Waals surface area contributed by atoms with E-state index in [2.05, 4.69) is 0 Å². The van der Waals surface area contributed by atoms with Crippen molar-refractivity contribution in [3.05, 3.63) is 47.5 Å². The fourth-order valence-corrected chi connectivity index (χ4v) is 2.85. The van der Waals surface area contributed by atoms with E-state index in [-0.39, 0.29) is 12.7 Å². The van der Waals surface area contributed by atoms with Gasteiger partial charge < -0.3 is 23.8 Å². The molecule has 0 fully saturated rings. The van der Waals surface area contributed by atoms with E-state index in [0.717, 1.165) is 34.1 Å². The minimum atomic E-state index is 0.0736. The number of aryl methyl sites for hydroxylation is 1. The first-order chi connectivity index (χ1) is 12.6. The third kappa shape index (κ3) is 4.20. The zero-order valence-corrected chi connectivity index (χ0v) is 15.3. The highest BCUT2D eigenvalue weighted by Crippen LogP contribution is 2.32. The highest BCUT2D eigenvalue weighted by molar-refractivity contribution is 5.76. The van der Waals surface area contributed by atoms with Crippen molar-refractivity contribution >= 4 is 5.91 Å². The number of carbonyl (C=O) groups excluding carboxylic acids is 1. The molecule has 0 aromatic heterocycles. The van der Waals surface area contributed by atoms with Gasteiger partial charge in [0.05, 0.1) is 14.2 Å². The average molecular weight is 357 g/mol. The number of hydrogen-bond donors (Lipinski definition) is 0. The Labute approximate surface area is 153 Å². The van der Waals surface area contributed by atoms with Gasteiger partial charge in [0, 0.05) is 26.1 Å². The van der Waals surface area contributed by atoms with E-state index in [1.807, 2.05) is 36.4 Å². The van der Waals surface area contributed by atoms with Crippen molar-refractivity contribution in [1.82, 2.24) is 4.90 Å². The second kappa shape index (κ2) is 7.99. The van der Waals surface area contributed by atoms with Gasteiger partial charge in [0.25, 0.3) is 0 Å². The molecule has 1 aliphatic rings. The topological polar surface area (TPSA) is 57.2 Å². The zero-order chi connectivity index (χ0) is 18.5. The maximum absolute atomic E-state index is 12.5. The Bertz CT molecular complexity index is 768. The average Bonchev–Trinajstić information content (AvgIpc) is 3.13. The summed E-state index contributed by atoms with van der Waals surface area (Å²) in [5.41, 5.74) is 2.01. The number of nitrogens with zero attached hydrogens (tertiary/aromatic N) is 1. The van der Waals surface area contributed by atoms with Crippen LogP contribution in [-0.2, 0) is 17.8 Å². The lowest BCUT2D eigenvalue weighted by molar-refractivity contribution is -0.130. The van der Waals surface area contributed by atoms with E-state index in [1.165, 1.54) is 0 Å². The van der Waals surface area contributed by atoms with Gasteiger partial charge in [0.2, 0.25) is 12.7 Å². The Hall–Kier alpha value is -2.89. The van der Waals surface area contributed by atoms with Crippen LogP contribution in [0.2, 0.25) is 0 Å². The molecule has 1 aliphatic heterocycles. The highest BCUT2D eigenvalue weighted by Gasteiger charge is 2.15. The molecular weight excluding hydrogens is 334 g/mol. The van der Waals surface area contributed by atoms with Gasteiger partial charge in [-0.1, -0.05) is 6.07 Å². The highest BCUT2D eigenvalue weighted by atomic mass is 16.7. The number of amides is 1. The zero-order valence-electron chi connectivity index (χ0n) is 15.3. The molecule has 0 saturated carbocycles. The quantitative estimate of drug-likeness (QED) is 0.762. The molecule has 2 aromatic carbocycles. The lowest BCUT2D eigenvalue weighted by atomic mass is 10.1. The van der Waals surface area contributed by atoms with Crippen molar-refractivity contribution in [3.63, 3.8) is 0 Å². The molecule has 0 spiro atoms. The summed E-state index contributed by atoms with van der Waals surface area (Å²) in [6, 6.07) is 11.4. The fourth-order valence-electron chi connectivity index (χ4n) is 2.85. The largest absolute Gasteiger partial charge is 0.497 e. The molecular formula is C20H23NO5. The lowest BCUT2D eigenvalue weighted by Gasteiger charge is -2.18. The van der Waals surface area contributed by atoms with Gasteiger partial charge in [-0.25, -0.2) is 0 Å². The number of hydrogen-bond acceptors (Lipinski definition) is 5. The maximum Gasteiger partial charge on any atom is 0.231 e. The van der Waals surface area contributed by atoms with Gasteiger partial charge in [-0.2, -0.15) is 0 Å². The van der Waals surface area contributed by atoms with E-state index in [9.17, 15) is 4.79 Å². The molecule has 0 saturated heterocycles. The molecule has 1 heterocycles. The Morgan fingerprint density at radius 1 is 1.00 bits per heavy atom. The molecule has 138 valence electrons. The smallest absolute Gasteiger partial charge is 0.231 e. The summed E-state index contributed by atoms with van der Waals surface area (Å²) in [5.74, 6) is 2.99. The summed E-state index contributed by atoms with van der Waals surface area (Å²) in [7, 11) is 5.03. The molecule has 0 unspecified atom stereocenters. The Kier molecular flexibility index (Phi) is 5.51. The minimum absolute atomic E-state index is 0.0736. The third-order valence-electron chi connectivity index (χ3n) is 4.32. The van der Waals surface area contributed by atoms with Gasteiger partial charge >= 0.3 is 0 Å². The van der Waals surface area contributed by atoms with Crippen LogP contribution >= 0.6 is 0 Å². The molecule has 6 nitrogen and oxygen atoms in total. The van der Waals surface area contributed by atoms with Crippen LogP contribution in [0.25, 0.3) is 0 Å². The number of rotatable bonds is 7. The summed E-state index contributed by atoms with van der Waals surface area (Å²) in [5, 5.41) is 0. The molecule has 0 radical (unpaired) electrons. The van der Waals surface area contributed by atoms with Crippen molar-refractivity contribution in [2.24, 2.45) is 0 Å². The molecule has 6 heteroatoms. The molecule has 0 atom stereocenters. The molecule has 0 bridgehead atoms. The van der Waals surface area contributed by atoms with Crippen LogP contribution in [0.5, 0.6) is 23.0 Å². The summed E-state index contributed by atoms with van der Waals surface area (Å²) in [6.45, 7) is 0.772. The second-order valence-corrected chi connectivity index (χ2v) is 6.16. The van der Waals surface area contributed by atoms with Crippen LogP contribution < -0.4 is 18.9 Å². The van der Waals surface area contributed by atoms with E-state index in [0.29, 0.717) is 19.4 Å². The van der Waals surface area contributed by atoms with Crippen molar-refractivity contribution in [1.29, 1.82) is 0 Å². The van der Waals surface area contributed by atoms with Gasteiger partial charge in [-0.05, 0) is 41.8 Å². The second-order valence-electron chi connectivity index (χ2n) is 6.16. The molecule has 0 N–H and O–H groups in total. The molecule has 3 rings (SSSR count). The fraction of sp³-hybridized carbons (Fsp3) is 0.350. The summed E-state index contributed by atoms with van der Waals surface area (Å²) < 4.78 is 21.2. The summed E-state index contributed by atoms with van der Waals surface area (Å²) in [4.78, 5) is 14.2. The number of carbonyl (C=O) groups is 1. The Balaban J connectivity index is 1.57. The molecule has 26 heavy (non-hydrogen) atoms. The van der Waals surface area contributed by atoms with Crippen LogP contribution in [0, 0.1) is 0 Å². The van der Waals surface area contributed by atoms with E-state index >= 15 is 0 Å². The summed E-state index contributed by atoms with van der Waals surface area (Å²) in [6.07, 6.45) is 1.04. The van der Waals surface area contributed by atoms with Crippen LogP contribution in [0.3, 0.4) is 0 Å². The van der Waals surface area contributed by atoms with Crippen LogP contribution in [0.4, 0.5) is 0 Å². The summed E-state index contributed by atoms with van der Waals surface area (Å²) >= 11 is 0. The number of benzene rings is 2. The number of fused-ring (bicyclic) bond motifs is 1. The number of ether oxygens (including phenoxy) is 4. The standard InChI is InChI=1S/C20H23NO5/c1-21(12-15-4-6-18-19(10-15)26-13-25-18)20(22)7-5-14-8-16(23-2)11-17(9-14)24-3/h4,6,8-11H,5,7,12-13H2,1-3H3. The number of methoxy groups -OCH3 is 2. The Morgan fingerprint density at radius 2 is 1.69 bits per heavy atom. The van der Waals surface area contributed by atoms with Gasteiger partial charge in [-0.15, -0.1) is 0 Å². The van der Waals surface area contributed by atoms with Crippen molar-refractivity contribution in [2.45, 2.75) is 19.4 Å². The third-order valence-corrected chi connectivity index (χ3v) is 4.32. The molecule has 0 aliphatic carbocycles. The van der Waals surface area contributed by atoms with Gasteiger partial charge in [0.1, 0.15) is 11.5 Å². The van der Waals surface area contributed by atoms with E-state index in [4.69, 9.17) is 18.9 Å². The van der Waals surface area contributed by atoms with Crippen molar-refractivity contribution in [2.75, 3.05) is 28.1 Å². The molecule has 2 aromatic rings. The van der Waals surface area contributed by atoms with Gasteiger partial charge in [-0.3, -0.25) is 4.79 Å². The lowest BCUT2D eigenvalue weighted by Crippen LogP contribution is -2.26. The monoisotopic (exact) mass is 357 g/mol. The molecule has 1 amide bonds. The first-order valence-corrected chi connectivity index (χ1v) is 8.43. The van der Waals surface area contributed by atoms with Crippen LogP contribution in [-0.4, -0.2) is 38.9 Å². The Morgan fingerprint density at radius 3 is 2.38 bits per heavy atom. The van der Waals surface area contributed by atoms with Gasteiger partial charge in [0.15, 0.2) is 11.5 Å². The van der Waals surface area contributed by atoms with Crippen LogP contribution in [0.15, 0.2) is 36.4 Å². The van der Waals surface area contributed by atoms with Crippen LogP contribution in [0.1, 0.15) is 17.5 Å². The minimum Gasteiger partial charge on any atom is -0.497 e. The van der Waals surface area contributed by atoms with E-state index < -0.39 is 0 Å². The maximum atomic E-state index is 12.5. The van der Waals surface area contributed by atoms with E-state index in [1.54, 1.807) is 26.2 Å². The normalized spacial score (nSPS) is 12.0. The first-order valence-electron chi connectivity index (χ1n) is 8.43. The predicted molar refractivity (Wildman–Crippen MR) is 96.9 cm³/mol. The van der Waals surface area contributed by atoms with Crippen molar-refractivity contribution in [3.8, 4) is 23.0 Å². The predicted octanol–water partition coefficient (Wildman–Crippen LogP) is 3.02. The first kappa shape index (κ1) is 17.9. The SMILES string of the molecule is COc1cc(CCC(=O)N(C)Cc2ccc3c(c2)OCO3)cc(OC)c1. The van der Waals surface area contributed by atoms with Crippen molar-refractivity contribution < 1.29 is 23.7 Å².